The average Bonchev–Trinajstić information content (AvgIpc) is 2.78. The van der Waals surface area contributed by atoms with Crippen LogP contribution in [0.1, 0.15) is 25.1 Å². The molecule has 6 nitrogen and oxygen atoms in total. The van der Waals surface area contributed by atoms with Crippen LogP contribution in [0.25, 0.3) is 0 Å². The van der Waals surface area contributed by atoms with E-state index in [0.29, 0.717) is 12.0 Å². The largest absolute Gasteiger partial charge is 0.379 e. The quantitative estimate of drug-likeness (QED) is 0.818. The summed E-state index contributed by atoms with van der Waals surface area (Å²) in [5.41, 5.74) is 2.40. The molecule has 2 rings (SSSR count). The van der Waals surface area contributed by atoms with Gasteiger partial charge in [-0.15, -0.1) is 0 Å². The summed E-state index contributed by atoms with van der Waals surface area (Å²) < 4.78 is 7.45. The van der Waals surface area contributed by atoms with Gasteiger partial charge in [0.1, 0.15) is 5.82 Å². The number of hydrogen-bond donors (Lipinski definition) is 1. The smallest absolute Gasteiger partial charge is 0.130 e. The van der Waals surface area contributed by atoms with E-state index in [4.69, 9.17) is 4.74 Å². The summed E-state index contributed by atoms with van der Waals surface area (Å²) in [6.45, 7) is 12.4. The van der Waals surface area contributed by atoms with E-state index < -0.39 is 0 Å². The van der Waals surface area contributed by atoms with Crippen molar-refractivity contribution in [3.63, 3.8) is 0 Å². The zero-order valence-electron chi connectivity index (χ0n) is 15.6. The number of aryl methyl sites for hydroxylation is 2. The molecule has 132 valence electrons. The molecule has 1 saturated heterocycles. The van der Waals surface area contributed by atoms with Crippen molar-refractivity contribution in [3.05, 3.63) is 11.3 Å². The van der Waals surface area contributed by atoms with Crippen LogP contribution < -0.4 is 10.2 Å². The lowest BCUT2D eigenvalue weighted by Crippen LogP contribution is -2.50. The number of nitrogens with one attached hydrogen (secondary N) is 1. The van der Waals surface area contributed by atoms with Gasteiger partial charge >= 0.3 is 0 Å². The van der Waals surface area contributed by atoms with Gasteiger partial charge in [-0.3, -0.25) is 9.58 Å². The van der Waals surface area contributed by atoms with Gasteiger partial charge in [-0.2, -0.15) is 5.10 Å². The Morgan fingerprint density at radius 3 is 2.48 bits per heavy atom. The van der Waals surface area contributed by atoms with Gasteiger partial charge in [-0.25, -0.2) is 0 Å². The minimum absolute atomic E-state index is 0.554. The van der Waals surface area contributed by atoms with Gasteiger partial charge < -0.3 is 15.0 Å². The fourth-order valence-corrected chi connectivity index (χ4v) is 3.50. The molecular weight excluding hydrogens is 290 g/mol. The topological polar surface area (TPSA) is 45.6 Å². The summed E-state index contributed by atoms with van der Waals surface area (Å²) in [7, 11) is 6.16. The molecule has 1 atom stereocenters. The number of morpholine rings is 1. The molecule has 6 heteroatoms. The fourth-order valence-electron chi connectivity index (χ4n) is 3.50. The molecule has 1 aliphatic heterocycles. The lowest BCUT2D eigenvalue weighted by Gasteiger charge is -2.37. The minimum Gasteiger partial charge on any atom is -0.379 e. The van der Waals surface area contributed by atoms with Crippen LogP contribution in [-0.2, 0) is 18.3 Å². The highest BCUT2D eigenvalue weighted by molar-refractivity contribution is 5.48. The lowest BCUT2D eigenvalue weighted by molar-refractivity contribution is 0.00648. The Kier molecular flexibility index (Phi) is 6.44. The molecular formula is C17H33N5O. The number of nitrogens with zero attached hydrogens (tertiary/aromatic N) is 4. The molecule has 0 spiro atoms. The van der Waals surface area contributed by atoms with E-state index in [2.05, 4.69) is 55.1 Å². The standard InChI is InChI=1S/C17H33N5O/c1-13(2)16(22-7-9-23-10-8-22)12-18-11-15-14(3)19-21(6)17(15)20(4)5/h13,16,18H,7-12H2,1-6H3/t16-/m0/s1. The van der Waals surface area contributed by atoms with Crippen molar-refractivity contribution >= 4 is 5.82 Å². The number of rotatable bonds is 7. The second-order valence-corrected chi connectivity index (χ2v) is 7.00. The maximum absolute atomic E-state index is 5.49. The maximum Gasteiger partial charge on any atom is 0.130 e. The zero-order chi connectivity index (χ0) is 17.0. The molecule has 2 heterocycles. The lowest BCUT2D eigenvalue weighted by atomic mass is 10.0. The van der Waals surface area contributed by atoms with Gasteiger partial charge in [-0.1, -0.05) is 13.8 Å². The van der Waals surface area contributed by atoms with Crippen molar-refractivity contribution < 1.29 is 4.74 Å². The molecule has 0 radical (unpaired) electrons. The Balaban J connectivity index is 1.97. The third kappa shape index (κ3) is 4.46. The van der Waals surface area contributed by atoms with Crippen LogP contribution >= 0.6 is 0 Å². The van der Waals surface area contributed by atoms with E-state index >= 15 is 0 Å². The molecule has 0 amide bonds. The highest BCUT2D eigenvalue weighted by Crippen LogP contribution is 2.21. The third-order valence-electron chi connectivity index (χ3n) is 4.68. The molecule has 0 aliphatic carbocycles. The number of ether oxygens (including phenoxy) is 1. The van der Waals surface area contributed by atoms with Crippen LogP contribution in [0.5, 0.6) is 0 Å². The van der Waals surface area contributed by atoms with Crippen molar-refractivity contribution in [1.29, 1.82) is 0 Å². The molecule has 0 saturated carbocycles. The molecule has 1 N–H and O–H groups in total. The van der Waals surface area contributed by atoms with Gasteiger partial charge in [0.15, 0.2) is 0 Å². The van der Waals surface area contributed by atoms with Crippen molar-refractivity contribution in [1.82, 2.24) is 20.0 Å². The van der Waals surface area contributed by atoms with E-state index in [-0.39, 0.29) is 0 Å². The van der Waals surface area contributed by atoms with Crippen molar-refractivity contribution in [2.45, 2.75) is 33.4 Å². The second-order valence-electron chi connectivity index (χ2n) is 7.00. The molecule has 1 fully saturated rings. The molecule has 0 aromatic carbocycles. The van der Waals surface area contributed by atoms with Crippen LogP contribution in [0.4, 0.5) is 5.82 Å². The molecule has 1 aromatic rings. The molecule has 0 bridgehead atoms. The normalized spacial score (nSPS) is 17.7. The average molecular weight is 323 g/mol. The molecule has 1 aliphatic rings. The van der Waals surface area contributed by atoms with Crippen molar-refractivity contribution in [2.24, 2.45) is 13.0 Å². The number of hydrogen-bond acceptors (Lipinski definition) is 5. The van der Waals surface area contributed by atoms with Crippen molar-refractivity contribution in [2.75, 3.05) is 51.8 Å². The van der Waals surface area contributed by atoms with E-state index in [1.807, 2.05) is 11.7 Å². The summed E-state index contributed by atoms with van der Waals surface area (Å²) in [4.78, 5) is 4.70. The molecule has 1 aromatic heterocycles. The summed E-state index contributed by atoms with van der Waals surface area (Å²) >= 11 is 0. The Bertz CT molecular complexity index is 491. The van der Waals surface area contributed by atoms with Crippen molar-refractivity contribution in [3.8, 4) is 0 Å². The molecule has 0 unspecified atom stereocenters. The first-order chi connectivity index (χ1) is 10.9. The Morgan fingerprint density at radius 2 is 1.91 bits per heavy atom. The first-order valence-corrected chi connectivity index (χ1v) is 8.64. The van der Waals surface area contributed by atoms with E-state index in [0.717, 1.165) is 45.1 Å². The predicted octanol–water partition coefficient (Wildman–Crippen LogP) is 1.24. The Hall–Kier alpha value is -1.11. The van der Waals surface area contributed by atoms with Crippen LogP contribution in [0.15, 0.2) is 0 Å². The highest BCUT2D eigenvalue weighted by Gasteiger charge is 2.24. The fraction of sp³-hybridized carbons (Fsp3) is 0.824. The number of aromatic nitrogens is 2. The zero-order valence-corrected chi connectivity index (χ0v) is 15.6. The summed E-state index contributed by atoms with van der Waals surface area (Å²) in [5.74, 6) is 1.81. The number of anilines is 1. The Morgan fingerprint density at radius 1 is 1.26 bits per heavy atom. The first-order valence-electron chi connectivity index (χ1n) is 8.64. The summed E-state index contributed by atoms with van der Waals surface area (Å²) in [6.07, 6.45) is 0. The van der Waals surface area contributed by atoms with Crippen LogP contribution in [0, 0.1) is 12.8 Å². The van der Waals surface area contributed by atoms with E-state index in [1.165, 1.54) is 11.4 Å². The SMILES string of the molecule is Cc1nn(C)c(N(C)C)c1CNC[C@@H](C(C)C)N1CCOCC1. The van der Waals surface area contributed by atoms with Gasteiger partial charge in [-0.05, 0) is 12.8 Å². The Labute approximate surface area is 140 Å². The van der Waals surface area contributed by atoms with Gasteiger partial charge in [0.05, 0.1) is 18.9 Å². The second kappa shape index (κ2) is 8.13. The van der Waals surface area contributed by atoms with E-state index in [1.54, 1.807) is 0 Å². The van der Waals surface area contributed by atoms with Gasteiger partial charge in [0.2, 0.25) is 0 Å². The monoisotopic (exact) mass is 323 g/mol. The predicted molar refractivity (Wildman–Crippen MR) is 95.0 cm³/mol. The highest BCUT2D eigenvalue weighted by atomic mass is 16.5. The minimum atomic E-state index is 0.554. The van der Waals surface area contributed by atoms with Gasteiger partial charge in [0.25, 0.3) is 0 Å². The van der Waals surface area contributed by atoms with E-state index in [9.17, 15) is 0 Å². The van der Waals surface area contributed by atoms with Crippen LogP contribution in [0.2, 0.25) is 0 Å². The maximum atomic E-state index is 5.49. The molecule has 23 heavy (non-hydrogen) atoms. The van der Waals surface area contributed by atoms with Gasteiger partial charge in [0, 0.05) is 58.9 Å². The third-order valence-corrected chi connectivity index (χ3v) is 4.68. The summed E-state index contributed by atoms with van der Waals surface area (Å²) in [6, 6.07) is 0.554. The first kappa shape index (κ1) is 18.2. The summed E-state index contributed by atoms with van der Waals surface area (Å²) in [5, 5.41) is 8.23. The van der Waals surface area contributed by atoms with Crippen LogP contribution in [0.3, 0.4) is 0 Å². The van der Waals surface area contributed by atoms with Crippen LogP contribution in [-0.4, -0.2) is 67.7 Å².